The average molecular weight is 256 g/mol. The van der Waals surface area contributed by atoms with Gasteiger partial charge in [0.2, 0.25) is 0 Å². The number of aliphatic hydroxyl groups is 3. The van der Waals surface area contributed by atoms with E-state index in [9.17, 15) is 15.3 Å². The Hall–Kier alpha value is -0.850. The third kappa shape index (κ3) is 1.79. The molecule has 1 saturated carbocycles. The first-order chi connectivity index (χ1) is 8.58. The van der Waals surface area contributed by atoms with Gasteiger partial charge in [-0.05, 0) is 19.8 Å². The predicted octanol–water partition coefficient (Wildman–Crippen LogP) is -1.06. The van der Waals surface area contributed by atoms with E-state index in [1.165, 1.54) is 0 Å². The van der Waals surface area contributed by atoms with Crippen LogP contribution < -0.4 is 0 Å². The first kappa shape index (κ1) is 12.2. The summed E-state index contributed by atoms with van der Waals surface area (Å²) in [5.74, 6) is -0.354. The summed E-state index contributed by atoms with van der Waals surface area (Å²) in [4.78, 5) is 6.42. The second-order valence-electron chi connectivity index (χ2n) is 5.52. The van der Waals surface area contributed by atoms with Crippen molar-refractivity contribution in [2.45, 2.75) is 50.2 Å². The highest BCUT2D eigenvalue weighted by atomic mass is 16.5. The van der Waals surface area contributed by atoms with Gasteiger partial charge in [-0.1, -0.05) is 0 Å². The van der Waals surface area contributed by atoms with E-state index >= 15 is 0 Å². The largest absolute Gasteiger partial charge is 0.459 e. The summed E-state index contributed by atoms with van der Waals surface area (Å²) in [5.41, 5.74) is 0. The molecule has 2 heterocycles. The first-order valence-electron chi connectivity index (χ1n) is 6.61. The average Bonchev–Trinajstić information content (AvgIpc) is 2.64. The highest BCUT2D eigenvalue weighted by Gasteiger charge is 2.50. The Balaban J connectivity index is 1.75. The maximum absolute atomic E-state index is 10.1. The van der Waals surface area contributed by atoms with Crippen molar-refractivity contribution in [1.82, 2.24) is 4.90 Å². The highest BCUT2D eigenvalue weighted by molar-refractivity contribution is 5.76. The predicted molar refractivity (Wildman–Crippen MR) is 64.1 cm³/mol. The lowest BCUT2D eigenvalue weighted by Crippen LogP contribution is -2.54. The first-order valence-corrected chi connectivity index (χ1v) is 6.61. The molecule has 0 aromatic carbocycles. The lowest BCUT2D eigenvalue weighted by Gasteiger charge is -2.39. The minimum atomic E-state index is -0.956. The summed E-state index contributed by atoms with van der Waals surface area (Å²) >= 11 is 0. The van der Waals surface area contributed by atoms with Gasteiger partial charge in [0.1, 0.15) is 18.2 Å². The lowest BCUT2D eigenvalue weighted by atomic mass is 9.77. The van der Waals surface area contributed by atoms with Gasteiger partial charge in [0.25, 0.3) is 6.02 Å². The Kier molecular flexibility index (Phi) is 2.96. The molecule has 0 radical (unpaired) electrons. The molecule has 2 aliphatic heterocycles. The monoisotopic (exact) mass is 256 g/mol. The van der Waals surface area contributed by atoms with Crippen LogP contribution in [0.5, 0.6) is 0 Å². The van der Waals surface area contributed by atoms with E-state index in [1.54, 1.807) is 6.92 Å². The Bertz CT molecular complexity index is 356. The summed E-state index contributed by atoms with van der Waals surface area (Å²) in [7, 11) is 0. The van der Waals surface area contributed by atoms with Gasteiger partial charge in [-0.25, -0.2) is 4.99 Å². The van der Waals surface area contributed by atoms with Crippen molar-refractivity contribution in [3.05, 3.63) is 0 Å². The number of rotatable bonds is 1. The van der Waals surface area contributed by atoms with E-state index in [0.717, 1.165) is 19.5 Å². The number of aliphatic hydroxyl groups excluding tert-OH is 3. The topological polar surface area (TPSA) is 85.5 Å². The Morgan fingerprint density at radius 2 is 2.06 bits per heavy atom. The van der Waals surface area contributed by atoms with Crippen molar-refractivity contribution in [3.8, 4) is 0 Å². The van der Waals surface area contributed by atoms with Crippen LogP contribution in [0.15, 0.2) is 4.99 Å². The van der Waals surface area contributed by atoms with Gasteiger partial charge < -0.3 is 25.0 Å². The second kappa shape index (κ2) is 4.36. The van der Waals surface area contributed by atoms with Gasteiger partial charge >= 0.3 is 0 Å². The summed E-state index contributed by atoms with van der Waals surface area (Å²) in [6.07, 6.45) is -1.11. The van der Waals surface area contributed by atoms with Crippen molar-refractivity contribution in [3.63, 3.8) is 0 Å². The van der Waals surface area contributed by atoms with E-state index < -0.39 is 24.4 Å². The molecule has 18 heavy (non-hydrogen) atoms. The second-order valence-corrected chi connectivity index (χ2v) is 5.52. The SMILES string of the molecule is C[C@H](O)[C@H]1C[C@@H]2OC(N3CCC3)=N[C@@H]2[C@@H](O)[C@@H]1O. The number of hydrogen-bond donors (Lipinski definition) is 3. The van der Waals surface area contributed by atoms with Crippen molar-refractivity contribution in [2.75, 3.05) is 13.1 Å². The van der Waals surface area contributed by atoms with E-state index in [-0.39, 0.29) is 12.0 Å². The maximum atomic E-state index is 10.1. The van der Waals surface area contributed by atoms with Gasteiger partial charge in [-0.3, -0.25) is 0 Å². The zero-order chi connectivity index (χ0) is 12.9. The van der Waals surface area contributed by atoms with E-state index in [0.29, 0.717) is 12.4 Å². The fourth-order valence-corrected chi connectivity index (χ4v) is 2.94. The van der Waals surface area contributed by atoms with Crippen LogP contribution in [0.4, 0.5) is 0 Å². The van der Waals surface area contributed by atoms with Crippen molar-refractivity contribution in [2.24, 2.45) is 10.9 Å². The molecule has 102 valence electrons. The molecule has 0 amide bonds. The summed E-state index contributed by atoms with van der Waals surface area (Å²) in [6, 6.07) is 0.194. The molecule has 2 fully saturated rings. The van der Waals surface area contributed by atoms with Gasteiger partial charge in [0, 0.05) is 19.0 Å². The molecule has 1 aliphatic carbocycles. The molecule has 0 bridgehead atoms. The fraction of sp³-hybridized carbons (Fsp3) is 0.917. The van der Waals surface area contributed by atoms with Gasteiger partial charge in [-0.15, -0.1) is 0 Å². The molecule has 3 aliphatic rings. The van der Waals surface area contributed by atoms with Crippen LogP contribution >= 0.6 is 0 Å². The van der Waals surface area contributed by atoms with Crippen molar-refractivity contribution in [1.29, 1.82) is 0 Å². The maximum Gasteiger partial charge on any atom is 0.288 e. The van der Waals surface area contributed by atoms with Crippen LogP contribution in [0.2, 0.25) is 0 Å². The number of nitrogens with zero attached hydrogens (tertiary/aromatic N) is 2. The third-order valence-electron chi connectivity index (χ3n) is 4.29. The smallest absolute Gasteiger partial charge is 0.288 e. The minimum absolute atomic E-state index is 0.224. The van der Waals surface area contributed by atoms with Crippen LogP contribution in [0, 0.1) is 5.92 Å². The molecule has 3 rings (SSSR count). The van der Waals surface area contributed by atoms with Gasteiger partial charge in [0.15, 0.2) is 0 Å². The summed E-state index contributed by atoms with van der Waals surface area (Å²) in [6.45, 7) is 3.51. The molecule has 0 aromatic heterocycles. The molecule has 0 aromatic rings. The Labute approximate surface area is 106 Å². The fourth-order valence-electron chi connectivity index (χ4n) is 2.94. The summed E-state index contributed by atoms with van der Waals surface area (Å²) in [5, 5.41) is 29.7. The zero-order valence-electron chi connectivity index (χ0n) is 10.4. The number of likely N-dealkylation sites (tertiary alicyclic amines) is 1. The normalized spacial score (nSPS) is 44.8. The molecule has 6 heteroatoms. The standard InChI is InChI=1S/C12H20N2O4/c1-6(15)7-5-8-9(11(17)10(7)16)13-12(18-8)14-3-2-4-14/h6-11,15-17H,2-5H2,1H3/t6-,7+,8-,9-,10+,11+/m0/s1. The molecular weight excluding hydrogens is 236 g/mol. The molecular formula is C12H20N2O4. The molecule has 1 saturated heterocycles. The van der Waals surface area contributed by atoms with E-state index in [1.807, 2.05) is 4.90 Å². The molecule has 0 unspecified atom stereocenters. The number of ether oxygens (including phenoxy) is 1. The van der Waals surface area contributed by atoms with E-state index in [2.05, 4.69) is 4.99 Å². The van der Waals surface area contributed by atoms with Crippen molar-refractivity contribution < 1.29 is 20.1 Å². The van der Waals surface area contributed by atoms with Crippen LogP contribution in [0.1, 0.15) is 19.8 Å². The van der Waals surface area contributed by atoms with Crippen LogP contribution in [-0.4, -0.2) is 69.8 Å². The number of hydrogen-bond acceptors (Lipinski definition) is 6. The van der Waals surface area contributed by atoms with Crippen molar-refractivity contribution >= 4 is 6.02 Å². The molecule has 0 spiro atoms. The number of fused-ring (bicyclic) bond motifs is 1. The van der Waals surface area contributed by atoms with Crippen LogP contribution in [0.3, 0.4) is 0 Å². The number of aliphatic imine (C=N–C) groups is 1. The van der Waals surface area contributed by atoms with Crippen LogP contribution in [0.25, 0.3) is 0 Å². The molecule has 6 atom stereocenters. The summed E-state index contributed by atoms with van der Waals surface area (Å²) < 4.78 is 5.76. The zero-order valence-corrected chi connectivity index (χ0v) is 10.4. The third-order valence-corrected chi connectivity index (χ3v) is 4.29. The lowest BCUT2D eigenvalue weighted by molar-refractivity contribution is -0.112. The van der Waals surface area contributed by atoms with Gasteiger partial charge in [0.05, 0.1) is 12.2 Å². The van der Waals surface area contributed by atoms with Crippen LogP contribution in [-0.2, 0) is 4.74 Å². The minimum Gasteiger partial charge on any atom is -0.459 e. The quantitative estimate of drug-likeness (QED) is 0.557. The molecule has 3 N–H and O–H groups in total. The Morgan fingerprint density at radius 3 is 2.61 bits per heavy atom. The Morgan fingerprint density at radius 1 is 1.33 bits per heavy atom. The van der Waals surface area contributed by atoms with E-state index in [4.69, 9.17) is 4.74 Å². The van der Waals surface area contributed by atoms with Gasteiger partial charge in [-0.2, -0.15) is 0 Å². The molecule has 6 nitrogen and oxygen atoms in total. The number of amidine groups is 1. The highest BCUT2D eigenvalue weighted by Crippen LogP contribution is 2.35.